The minimum absolute atomic E-state index is 0.0562. The first-order valence-electron chi connectivity index (χ1n) is 7.26. The Bertz CT molecular complexity index is 776. The van der Waals surface area contributed by atoms with Crippen LogP contribution in [-0.4, -0.2) is 13.1 Å². The predicted octanol–water partition coefficient (Wildman–Crippen LogP) is 4.48. The summed E-state index contributed by atoms with van der Waals surface area (Å²) >= 11 is 0. The minimum atomic E-state index is -4.62. The third-order valence-corrected chi connectivity index (χ3v) is 3.42. The molecule has 2 aromatic carbocycles. The molecule has 0 aromatic heterocycles. The standard InChI is InChI=1S/C17H16F4N2O2/c1-10-3-6-15(25-2)14(7-10)23-16(24)22-9-11-4-5-12(8-13(11)18)17(19,20)21/h3-8H,9H2,1-2H3,(H2,22,23,24). The Hall–Kier alpha value is -2.77. The molecule has 0 heterocycles. The van der Waals surface area contributed by atoms with Gasteiger partial charge in [-0.15, -0.1) is 0 Å². The zero-order chi connectivity index (χ0) is 18.6. The van der Waals surface area contributed by atoms with Gasteiger partial charge in [0.1, 0.15) is 11.6 Å². The van der Waals surface area contributed by atoms with Gasteiger partial charge in [-0.05, 0) is 36.8 Å². The zero-order valence-electron chi connectivity index (χ0n) is 13.5. The third kappa shape index (κ3) is 4.85. The van der Waals surface area contributed by atoms with E-state index in [9.17, 15) is 22.4 Å². The zero-order valence-corrected chi connectivity index (χ0v) is 13.5. The van der Waals surface area contributed by atoms with Crippen molar-refractivity contribution in [3.8, 4) is 5.75 Å². The highest BCUT2D eigenvalue weighted by molar-refractivity contribution is 5.91. The molecule has 0 fully saturated rings. The van der Waals surface area contributed by atoms with Gasteiger partial charge in [0.05, 0.1) is 18.4 Å². The number of ether oxygens (including phenoxy) is 1. The van der Waals surface area contributed by atoms with Gasteiger partial charge in [0.2, 0.25) is 0 Å². The fourth-order valence-electron chi connectivity index (χ4n) is 2.13. The monoisotopic (exact) mass is 356 g/mol. The highest BCUT2D eigenvalue weighted by atomic mass is 19.4. The number of hydrogen-bond donors (Lipinski definition) is 2. The van der Waals surface area contributed by atoms with Crippen LogP contribution >= 0.6 is 0 Å². The van der Waals surface area contributed by atoms with Crippen molar-refractivity contribution in [3.05, 3.63) is 58.9 Å². The molecule has 0 aliphatic heterocycles. The summed E-state index contributed by atoms with van der Waals surface area (Å²) < 4.78 is 56.4. The van der Waals surface area contributed by atoms with Crippen LogP contribution in [-0.2, 0) is 12.7 Å². The van der Waals surface area contributed by atoms with E-state index in [0.29, 0.717) is 17.5 Å². The van der Waals surface area contributed by atoms with Gasteiger partial charge in [-0.25, -0.2) is 9.18 Å². The van der Waals surface area contributed by atoms with Crippen molar-refractivity contribution >= 4 is 11.7 Å². The molecule has 0 saturated heterocycles. The van der Waals surface area contributed by atoms with Crippen LogP contribution in [0.25, 0.3) is 0 Å². The number of amides is 2. The smallest absolute Gasteiger partial charge is 0.416 e. The number of carbonyl (C=O) groups excluding carboxylic acids is 1. The van der Waals surface area contributed by atoms with Crippen LogP contribution in [0.2, 0.25) is 0 Å². The first kappa shape index (κ1) is 18.6. The molecule has 0 bridgehead atoms. The average molecular weight is 356 g/mol. The van der Waals surface area contributed by atoms with Crippen molar-refractivity contribution in [2.45, 2.75) is 19.6 Å². The van der Waals surface area contributed by atoms with Crippen LogP contribution in [0.1, 0.15) is 16.7 Å². The predicted molar refractivity (Wildman–Crippen MR) is 85.0 cm³/mol. The average Bonchev–Trinajstić information content (AvgIpc) is 2.53. The van der Waals surface area contributed by atoms with Gasteiger partial charge < -0.3 is 15.4 Å². The molecule has 0 spiro atoms. The van der Waals surface area contributed by atoms with Crippen molar-refractivity contribution in [1.29, 1.82) is 0 Å². The van der Waals surface area contributed by atoms with Crippen molar-refractivity contribution in [3.63, 3.8) is 0 Å². The van der Waals surface area contributed by atoms with E-state index in [-0.39, 0.29) is 12.1 Å². The second-order valence-electron chi connectivity index (χ2n) is 5.32. The lowest BCUT2D eigenvalue weighted by Gasteiger charge is -2.13. The van der Waals surface area contributed by atoms with Crippen molar-refractivity contribution in [2.75, 3.05) is 12.4 Å². The molecule has 0 unspecified atom stereocenters. The van der Waals surface area contributed by atoms with E-state index in [1.165, 1.54) is 7.11 Å². The number of carbonyl (C=O) groups is 1. The highest BCUT2D eigenvalue weighted by Crippen LogP contribution is 2.30. The number of methoxy groups -OCH3 is 1. The van der Waals surface area contributed by atoms with Crippen molar-refractivity contribution in [2.24, 2.45) is 0 Å². The SMILES string of the molecule is COc1ccc(C)cc1NC(=O)NCc1ccc(C(F)(F)F)cc1F. The lowest BCUT2D eigenvalue weighted by Crippen LogP contribution is -2.28. The Kier molecular flexibility index (Phi) is 5.51. The van der Waals surface area contributed by atoms with Crippen molar-refractivity contribution < 1.29 is 27.1 Å². The molecule has 25 heavy (non-hydrogen) atoms. The molecule has 8 heteroatoms. The Morgan fingerprint density at radius 1 is 1.16 bits per heavy atom. The van der Waals surface area contributed by atoms with Crippen LogP contribution in [0.3, 0.4) is 0 Å². The number of benzene rings is 2. The Balaban J connectivity index is 2.02. The van der Waals surface area contributed by atoms with Gasteiger partial charge in [-0.1, -0.05) is 12.1 Å². The molecule has 0 aliphatic carbocycles. The van der Waals surface area contributed by atoms with Gasteiger partial charge in [-0.2, -0.15) is 13.2 Å². The molecule has 2 rings (SSSR count). The molecular weight excluding hydrogens is 340 g/mol. The molecule has 0 atom stereocenters. The molecule has 2 amide bonds. The lowest BCUT2D eigenvalue weighted by atomic mass is 10.1. The maximum Gasteiger partial charge on any atom is 0.416 e. The van der Waals surface area contributed by atoms with E-state index in [2.05, 4.69) is 10.6 Å². The summed E-state index contributed by atoms with van der Waals surface area (Å²) in [5.41, 5.74) is 0.180. The molecule has 0 radical (unpaired) electrons. The third-order valence-electron chi connectivity index (χ3n) is 3.42. The summed E-state index contributed by atoms with van der Waals surface area (Å²) in [6.07, 6.45) is -4.62. The van der Waals surface area contributed by atoms with E-state index >= 15 is 0 Å². The summed E-state index contributed by atoms with van der Waals surface area (Å²) in [5, 5.41) is 4.94. The summed E-state index contributed by atoms with van der Waals surface area (Å²) in [7, 11) is 1.45. The quantitative estimate of drug-likeness (QED) is 0.794. The molecule has 134 valence electrons. The minimum Gasteiger partial charge on any atom is -0.495 e. The Labute approximate surface area is 141 Å². The number of alkyl halides is 3. The lowest BCUT2D eigenvalue weighted by molar-refractivity contribution is -0.137. The topological polar surface area (TPSA) is 50.4 Å². The maximum atomic E-state index is 13.7. The van der Waals surface area contributed by atoms with Gasteiger partial charge in [-0.3, -0.25) is 0 Å². The van der Waals surface area contributed by atoms with Crippen molar-refractivity contribution in [1.82, 2.24) is 5.32 Å². The number of nitrogens with one attached hydrogen (secondary N) is 2. The van der Waals surface area contributed by atoms with E-state index in [4.69, 9.17) is 4.74 Å². The van der Waals surface area contributed by atoms with Crippen LogP contribution < -0.4 is 15.4 Å². The first-order chi connectivity index (χ1) is 11.7. The van der Waals surface area contributed by atoms with Crippen LogP contribution in [0.4, 0.5) is 28.0 Å². The van der Waals surface area contributed by atoms with E-state index in [1.807, 2.05) is 6.92 Å². The molecule has 0 saturated carbocycles. The number of aryl methyl sites for hydroxylation is 1. The van der Waals surface area contributed by atoms with Crippen LogP contribution in [0, 0.1) is 12.7 Å². The first-order valence-corrected chi connectivity index (χ1v) is 7.26. The summed E-state index contributed by atoms with van der Waals surface area (Å²) in [5.74, 6) is -0.593. The fraction of sp³-hybridized carbons (Fsp3) is 0.235. The number of rotatable bonds is 4. The summed E-state index contributed by atoms with van der Waals surface area (Å²) in [4.78, 5) is 11.9. The maximum absolute atomic E-state index is 13.7. The van der Waals surface area contributed by atoms with E-state index in [1.54, 1.807) is 18.2 Å². The number of anilines is 1. The normalized spacial score (nSPS) is 11.1. The van der Waals surface area contributed by atoms with Gasteiger partial charge in [0, 0.05) is 12.1 Å². The molecule has 2 N–H and O–H groups in total. The summed E-state index contributed by atoms with van der Waals surface area (Å²) in [6, 6.07) is 6.70. The van der Waals surface area contributed by atoms with Crippen LogP contribution in [0.15, 0.2) is 36.4 Å². The van der Waals surface area contributed by atoms with Gasteiger partial charge in [0.15, 0.2) is 0 Å². The Morgan fingerprint density at radius 2 is 1.88 bits per heavy atom. The second kappa shape index (κ2) is 7.42. The fourth-order valence-corrected chi connectivity index (χ4v) is 2.13. The number of hydrogen-bond acceptors (Lipinski definition) is 2. The highest BCUT2D eigenvalue weighted by Gasteiger charge is 2.31. The molecule has 0 aliphatic rings. The number of halogens is 4. The number of urea groups is 1. The Morgan fingerprint density at radius 3 is 2.48 bits per heavy atom. The largest absolute Gasteiger partial charge is 0.495 e. The van der Waals surface area contributed by atoms with E-state index in [0.717, 1.165) is 17.7 Å². The molecule has 4 nitrogen and oxygen atoms in total. The van der Waals surface area contributed by atoms with Crippen LogP contribution in [0.5, 0.6) is 5.75 Å². The van der Waals surface area contributed by atoms with E-state index < -0.39 is 23.6 Å². The summed E-state index contributed by atoms with van der Waals surface area (Å²) in [6.45, 7) is 1.57. The molecule has 2 aromatic rings. The van der Waals surface area contributed by atoms with Gasteiger partial charge >= 0.3 is 12.2 Å². The molecular formula is C17H16F4N2O2. The van der Waals surface area contributed by atoms with Gasteiger partial charge in [0.25, 0.3) is 0 Å². The second-order valence-corrected chi connectivity index (χ2v) is 5.32.